The zero-order chi connectivity index (χ0) is 51.4. The Balaban J connectivity index is 1.70. The Morgan fingerprint density at radius 3 is 2.22 bits per heavy atom. The molecular weight excluding hydrogens is 906 g/mol. The maximum absolute atomic E-state index is 14.5. The predicted octanol–water partition coefficient (Wildman–Crippen LogP) is 7.74. The van der Waals surface area contributed by atoms with Gasteiger partial charge in [-0.3, -0.25) is 23.7 Å². The molecule has 1 amide bonds. The van der Waals surface area contributed by atoms with E-state index in [9.17, 15) is 38.8 Å². The van der Waals surface area contributed by atoms with E-state index in [1.54, 1.807) is 54.4 Å². The minimum absolute atomic E-state index is 0.0117. The van der Waals surface area contributed by atoms with Crippen LogP contribution in [0.25, 0.3) is 0 Å². The molecule has 2 bridgehead atoms. The summed E-state index contributed by atoms with van der Waals surface area (Å²) < 4.78 is 48.2. The second kappa shape index (κ2) is 26.5. The summed E-state index contributed by atoms with van der Waals surface area (Å²) in [6.45, 7) is 15.9. The quantitative estimate of drug-likeness (QED) is 0.104. The number of carbonyl (C=O) groups is 5. The third-order valence-electron chi connectivity index (χ3n) is 14.8. The van der Waals surface area contributed by atoms with Gasteiger partial charge in [-0.25, -0.2) is 4.79 Å². The van der Waals surface area contributed by atoms with Crippen molar-refractivity contribution in [3.8, 4) is 0 Å². The average molecular weight is 990 g/mol. The lowest BCUT2D eigenvalue weighted by Crippen LogP contribution is -2.61. The van der Waals surface area contributed by atoms with Gasteiger partial charge in [-0.1, -0.05) is 71.1 Å². The Morgan fingerprint density at radius 1 is 0.855 bits per heavy atom. The average Bonchev–Trinajstić information content (AvgIpc) is 3.30. The van der Waals surface area contributed by atoms with Gasteiger partial charge in [-0.05, 0) is 107 Å². The van der Waals surface area contributed by atoms with E-state index in [1.807, 2.05) is 58.1 Å². The van der Waals surface area contributed by atoms with Crippen molar-refractivity contribution in [2.75, 3.05) is 41.2 Å². The smallest absolute Gasteiger partial charge is 0.329 e. The molecule has 0 aromatic rings. The van der Waals surface area contributed by atoms with Gasteiger partial charge >= 0.3 is 5.97 Å². The van der Waals surface area contributed by atoms with Crippen LogP contribution in [0.3, 0.4) is 0 Å². The maximum atomic E-state index is 14.5. The molecule has 15 atom stereocenters. The number of methoxy groups -OCH3 is 3. The van der Waals surface area contributed by atoms with Crippen LogP contribution in [0.5, 0.6) is 0 Å². The minimum atomic E-state index is -2.79. The summed E-state index contributed by atoms with van der Waals surface area (Å²) in [6.07, 6.45) is 11.4. The zero-order valence-electron chi connectivity index (χ0n) is 43.4. The van der Waals surface area contributed by atoms with Crippen molar-refractivity contribution in [2.45, 2.75) is 180 Å². The second-order valence-corrected chi connectivity index (χ2v) is 23.6. The summed E-state index contributed by atoms with van der Waals surface area (Å²) in [5, 5.41) is 23.5. The van der Waals surface area contributed by atoms with Crippen LogP contribution in [0.1, 0.15) is 126 Å². The van der Waals surface area contributed by atoms with Crippen LogP contribution in [0, 0.1) is 35.5 Å². The van der Waals surface area contributed by atoms with Crippen molar-refractivity contribution in [1.82, 2.24) is 4.90 Å². The number of carbonyl (C=O) groups excluding carboxylic acids is 5. The molecular formula is C53H84NO14P. The van der Waals surface area contributed by atoms with Gasteiger partial charge in [-0.15, -0.1) is 0 Å². The molecule has 3 fully saturated rings. The minimum Gasteiger partial charge on any atom is -0.460 e. The van der Waals surface area contributed by atoms with Crippen LogP contribution in [0.2, 0.25) is 0 Å². The fraction of sp³-hybridized carbons (Fsp3) is 0.755. The van der Waals surface area contributed by atoms with E-state index in [4.69, 9.17) is 28.2 Å². The number of nitrogens with zero attached hydrogens (tertiary/aromatic N) is 1. The summed E-state index contributed by atoms with van der Waals surface area (Å²) >= 11 is 0. The van der Waals surface area contributed by atoms with E-state index >= 15 is 0 Å². The molecule has 4 aliphatic rings. The Labute approximate surface area is 411 Å². The van der Waals surface area contributed by atoms with Crippen LogP contribution in [0.15, 0.2) is 47.6 Å². The number of Topliss-reactive ketones (excluding diaryl/α,β-unsaturated/α-hetero) is 3. The van der Waals surface area contributed by atoms with Gasteiger partial charge in [0.15, 0.2) is 13.2 Å². The summed E-state index contributed by atoms with van der Waals surface area (Å²) in [4.78, 5) is 72.2. The highest BCUT2D eigenvalue weighted by Gasteiger charge is 2.53. The van der Waals surface area contributed by atoms with E-state index in [2.05, 4.69) is 0 Å². The largest absolute Gasteiger partial charge is 0.460 e. The highest BCUT2D eigenvalue weighted by molar-refractivity contribution is 7.57. The Morgan fingerprint density at radius 2 is 1.57 bits per heavy atom. The summed E-state index contributed by atoms with van der Waals surface area (Å²) in [5.74, 6) is -8.11. The number of piperidine rings is 1. The molecule has 0 aromatic carbocycles. The molecule has 69 heavy (non-hydrogen) atoms. The van der Waals surface area contributed by atoms with Gasteiger partial charge in [-0.2, -0.15) is 0 Å². The topological polar surface area (TPSA) is 201 Å². The van der Waals surface area contributed by atoms with E-state index in [0.29, 0.717) is 63.4 Å². The highest BCUT2D eigenvalue weighted by atomic mass is 31.2. The van der Waals surface area contributed by atoms with E-state index in [0.717, 1.165) is 12.0 Å². The van der Waals surface area contributed by atoms with Gasteiger partial charge in [0.05, 0.1) is 24.4 Å². The normalized spacial score (nSPS) is 39.0. The monoisotopic (exact) mass is 990 g/mol. The SMILES string of the molecule is CO[C@H]1C[C@@H]2CC[C@@H](C)C(O)(O2)C(=O)C(=O)N2CCCCC2C(=O)OC([C@H](C)CC2CC[C@@H](OP(C)(C)=O)[C@H](OC)C2)CC(=O)[C@H](C)/C=C(\C)C(O)[C@@H](OC)C(=O)[C@H](C)C[C@H](C)/C=C/C=C/C=C/1C. The number of ether oxygens (including phenoxy) is 5. The maximum Gasteiger partial charge on any atom is 0.329 e. The third-order valence-corrected chi connectivity index (χ3v) is 15.6. The molecule has 3 heterocycles. The van der Waals surface area contributed by atoms with Crippen molar-refractivity contribution in [3.05, 3.63) is 47.6 Å². The highest BCUT2D eigenvalue weighted by Crippen LogP contribution is 2.45. The molecule has 2 saturated heterocycles. The van der Waals surface area contributed by atoms with Gasteiger partial charge in [0.25, 0.3) is 11.7 Å². The molecule has 3 aliphatic heterocycles. The number of hydrogen-bond acceptors (Lipinski definition) is 14. The molecule has 1 aliphatic carbocycles. The first kappa shape index (κ1) is 58.4. The first-order valence-corrected chi connectivity index (χ1v) is 27.7. The summed E-state index contributed by atoms with van der Waals surface area (Å²) in [7, 11) is 1.76. The molecule has 1 saturated carbocycles. The fourth-order valence-electron chi connectivity index (χ4n) is 10.5. The zero-order valence-corrected chi connectivity index (χ0v) is 44.3. The number of aliphatic hydroxyl groups is 2. The number of allylic oxidation sites excluding steroid dienone is 6. The lowest BCUT2D eigenvalue weighted by atomic mass is 9.78. The van der Waals surface area contributed by atoms with Crippen LogP contribution in [-0.2, 0) is 56.7 Å². The van der Waals surface area contributed by atoms with E-state index in [1.165, 1.54) is 12.0 Å². The van der Waals surface area contributed by atoms with Gasteiger partial charge in [0.2, 0.25) is 5.79 Å². The van der Waals surface area contributed by atoms with E-state index < -0.39 is 85.1 Å². The molecule has 4 rings (SSSR count). The number of rotatable bonds is 8. The lowest BCUT2D eigenvalue weighted by Gasteiger charge is -2.42. The molecule has 0 radical (unpaired) electrons. The summed E-state index contributed by atoms with van der Waals surface area (Å²) in [6, 6.07) is -1.16. The molecule has 390 valence electrons. The molecule has 5 unspecified atom stereocenters. The molecule has 0 aromatic heterocycles. The van der Waals surface area contributed by atoms with E-state index in [-0.39, 0.29) is 60.9 Å². The van der Waals surface area contributed by atoms with Crippen molar-refractivity contribution < 1.29 is 67.0 Å². The number of cyclic esters (lactones) is 1. The molecule has 2 N–H and O–H groups in total. The van der Waals surface area contributed by atoms with Crippen molar-refractivity contribution >= 4 is 36.6 Å². The van der Waals surface area contributed by atoms with Crippen molar-refractivity contribution in [2.24, 2.45) is 35.5 Å². The Bertz CT molecular complexity index is 1940. The van der Waals surface area contributed by atoms with Crippen molar-refractivity contribution in [3.63, 3.8) is 0 Å². The first-order chi connectivity index (χ1) is 32.4. The number of esters is 1. The first-order valence-electron chi connectivity index (χ1n) is 25.2. The second-order valence-electron chi connectivity index (χ2n) is 20.9. The number of ketones is 3. The molecule has 0 spiro atoms. The van der Waals surface area contributed by atoms with Crippen LogP contribution < -0.4 is 0 Å². The van der Waals surface area contributed by atoms with Crippen LogP contribution in [0.4, 0.5) is 0 Å². The third kappa shape index (κ3) is 16.2. The van der Waals surface area contributed by atoms with Gasteiger partial charge in [0.1, 0.15) is 30.1 Å². The van der Waals surface area contributed by atoms with Gasteiger partial charge in [0, 0.05) is 71.8 Å². The van der Waals surface area contributed by atoms with Crippen molar-refractivity contribution in [1.29, 1.82) is 0 Å². The number of fused-ring (bicyclic) bond motifs is 3. The summed E-state index contributed by atoms with van der Waals surface area (Å²) in [5.41, 5.74) is 1.25. The lowest BCUT2D eigenvalue weighted by molar-refractivity contribution is -0.265. The Hall–Kier alpha value is -3.14. The standard InChI is InChI=1S/C53H84NO14P/c1-32-18-14-13-15-19-33(2)44(63-8)30-40-23-21-38(7)53(61,67-40)50(58)51(59)54-25-17-16-20-41(54)52(60)66-45(35(4)28-39-22-24-43(46(29-39)64-9)68-69(11,12)62)31-42(55)34(3)27-37(6)48(57)49(65-10)47(56)36(5)26-32/h13-15,18-19,27,32,34-36,38-41,43-46,48-49,57,61H,16-17,20-26,28-31H2,1-12H3/b15-13+,18-14+,33-19+,37-27+/t32-,34-,35-,36-,38-,39?,40+,41?,43-,44+,45?,46-,48?,49+,53?/m1/s1. The number of aliphatic hydroxyl groups excluding tert-OH is 1. The predicted molar refractivity (Wildman–Crippen MR) is 263 cm³/mol. The number of hydrogen-bond donors (Lipinski definition) is 2. The molecule has 16 heteroatoms. The fourth-order valence-corrected chi connectivity index (χ4v) is 11.4. The van der Waals surface area contributed by atoms with Crippen LogP contribution >= 0.6 is 7.37 Å². The Kier molecular flexibility index (Phi) is 22.5. The van der Waals surface area contributed by atoms with Gasteiger partial charge < -0.3 is 43.3 Å². The molecule has 15 nitrogen and oxygen atoms in total. The van der Waals surface area contributed by atoms with Crippen LogP contribution in [-0.4, -0.2) is 140 Å². The number of amides is 1.